The van der Waals surface area contributed by atoms with Gasteiger partial charge in [-0.2, -0.15) is 9.97 Å². The normalized spacial score (nSPS) is 25.2. The molecular weight excluding hydrogens is 594 g/mol. The zero-order valence-electron chi connectivity index (χ0n) is 25.0. The molecule has 3 N–H and O–H groups in total. The third-order valence-corrected chi connectivity index (χ3v) is 10.2. The number of piperazine rings is 1. The predicted molar refractivity (Wildman–Crippen MR) is 170 cm³/mol. The number of rotatable bonds is 6. The lowest BCUT2D eigenvalue weighted by Gasteiger charge is -2.45. The molecule has 2 atom stereocenters. The zero-order chi connectivity index (χ0) is 31.7. The van der Waals surface area contributed by atoms with Gasteiger partial charge in [-0.3, -0.25) is 10.1 Å². The summed E-state index contributed by atoms with van der Waals surface area (Å²) in [6.07, 6.45) is 11.8. The smallest absolute Gasteiger partial charge is 0.319 e. The number of halogens is 2. The molecule has 3 aromatic carbocycles. The summed E-state index contributed by atoms with van der Waals surface area (Å²) < 4.78 is 44.3. The number of anilines is 2. The van der Waals surface area contributed by atoms with Gasteiger partial charge in [-0.05, 0) is 62.1 Å². The number of nitrogen functional groups attached to an aromatic ring is 1. The molecule has 236 valence electrons. The van der Waals surface area contributed by atoms with E-state index in [-0.39, 0.29) is 62.2 Å². The van der Waals surface area contributed by atoms with E-state index in [0.717, 1.165) is 38.5 Å². The number of ether oxygens (including phenoxy) is 2. The van der Waals surface area contributed by atoms with Crippen molar-refractivity contribution in [1.29, 1.82) is 0 Å². The summed E-state index contributed by atoms with van der Waals surface area (Å²) in [6.45, 7) is 2.09. The van der Waals surface area contributed by atoms with Crippen LogP contribution in [0.4, 0.5) is 26.0 Å². The summed E-state index contributed by atoms with van der Waals surface area (Å²) >= 11 is 0. The van der Waals surface area contributed by atoms with Crippen LogP contribution in [0.5, 0.6) is 6.01 Å². The van der Waals surface area contributed by atoms with Crippen LogP contribution in [-0.4, -0.2) is 59.4 Å². The minimum Gasteiger partial charge on any atom is -0.463 e. The first-order valence-electron chi connectivity index (χ1n) is 15.6. The molecule has 0 radical (unpaired) electrons. The van der Waals surface area contributed by atoms with Gasteiger partial charge in [0.2, 0.25) is 0 Å². The summed E-state index contributed by atoms with van der Waals surface area (Å²) in [5.74, 6) is 1.04. The Morgan fingerprint density at radius 3 is 2.59 bits per heavy atom. The topological polar surface area (TPSA) is 129 Å². The molecule has 12 heteroatoms. The molecule has 0 amide bonds. The number of nitro benzene ring substituents is 1. The minimum atomic E-state index is -0.963. The lowest BCUT2D eigenvalue weighted by Crippen LogP contribution is -2.51. The third kappa shape index (κ3) is 4.68. The monoisotopic (exact) mass is 626 g/mol. The van der Waals surface area contributed by atoms with Crippen LogP contribution < -0.4 is 20.7 Å². The van der Waals surface area contributed by atoms with E-state index in [1.807, 2.05) is 4.90 Å². The quantitative estimate of drug-likeness (QED) is 0.124. The van der Waals surface area contributed by atoms with Gasteiger partial charge < -0.3 is 25.4 Å². The number of nitro groups is 1. The standard InChI is InChI=1S/C34H32F2N6O4/c1-2-23-26(35)6-3-18-11-19(37)12-24(28(18)23)29-27(42(43)44)13-25-31(30(29)36)39-33(46-17-34-9-7-22(8-10-34)45-16-34)40-32(25)41-14-20-4-5-21(15-41)38-20/h1,3,6,11-13,20-22,38H,4-5,7-10,14-17,37H2/t20-,21+,22?,34?. The van der Waals surface area contributed by atoms with E-state index in [2.05, 4.69) is 16.2 Å². The Labute approximate surface area is 263 Å². The van der Waals surface area contributed by atoms with Crippen LogP contribution >= 0.6 is 0 Å². The molecule has 4 aromatic rings. The molecule has 1 aromatic heterocycles. The first-order valence-corrected chi connectivity index (χ1v) is 15.6. The van der Waals surface area contributed by atoms with Gasteiger partial charge in [0.1, 0.15) is 17.2 Å². The van der Waals surface area contributed by atoms with Gasteiger partial charge >= 0.3 is 6.01 Å². The summed E-state index contributed by atoms with van der Waals surface area (Å²) in [5, 5.41) is 17.0. The fourth-order valence-corrected chi connectivity index (χ4v) is 7.87. The number of aromatic nitrogens is 2. The van der Waals surface area contributed by atoms with Crippen LogP contribution in [0.1, 0.15) is 44.1 Å². The summed E-state index contributed by atoms with van der Waals surface area (Å²) in [6, 6.07) is 7.33. The number of fused-ring (bicyclic) bond motifs is 7. The number of nitrogens with zero attached hydrogens (tertiary/aromatic N) is 4. The van der Waals surface area contributed by atoms with Crippen molar-refractivity contribution >= 4 is 38.9 Å². The molecule has 4 aliphatic heterocycles. The van der Waals surface area contributed by atoms with Crippen molar-refractivity contribution in [2.75, 3.05) is 36.9 Å². The van der Waals surface area contributed by atoms with Crippen molar-refractivity contribution in [3.63, 3.8) is 0 Å². The van der Waals surface area contributed by atoms with Gasteiger partial charge in [-0.25, -0.2) is 8.78 Å². The number of nitrogens with two attached hydrogens (primary N) is 1. The van der Waals surface area contributed by atoms with Crippen molar-refractivity contribution in [2.24, 2.45) is 5.41 Å². The van der Waals surface area contributed by atoms with Gasteiger partial charge in [-0.15, -0.1) is 6.42 Å². The molecule has 1 aliphatic carbocycles. The van der Waals surface area contributed by atoms with E-state index in [9.17, 15) is 14.5 Å². The highest BCUT2D eigenvalue weighted by atomic mass is 19.1. The minimum absolute atomic E-state index is 0.00593. The summed E-state index contributed by atoms with van der Waals surface area (Å²) in [7, 11) is 0. The molecule has 10 nitrogen and oxygen atoms in total. The number of hydrogen-bond acceptors (Lipinski definition) is 9. The molecule has 0 unspecified atom stereocenters. The highest BCUT2D eigenvalue weighted by Gasteiger charge is 2.42. The van der Waals surface area contributed by atoms with Gasteiger partial charge in [0.25, 0.3) is 5.69 Å². The van der Waals surface area contributed by atoms with Crippen LogP contribution in [0.3, 0.4) is 0 Å². The number of nitrogens with one attached hydrogen (secondary N) is 1. The van der Waals surface area contributed by atoms with E-state index < -0.39 is 22.2 Å². The Morgan fingerprint density at radius 1 is 1.15 bits per heavy atom. The predicted octanol–water partition coefficient (Wildman–Crippen LogP) is 5.48. The Morgan fingerprint density at radius 2 is 1.91 bits per heavy atom. The Bertz CT molecular complexity index is 1950. The summed E-state index contributed by atoms with van der Waals surface area (Å²) in [5.41, 5.74) is 5.04. The van der Waals surface area contributed by atoms with Crippen LogP contribution in [0.25, 0.3) is 32.8 Å². The molecule has 5 fully saturated rings. The molecule has 4 bridgehead atoms. The van der Waals surface area contributed by atoms with Crippen LogP contribution in [0, 0.1) is 39.5 Å². The van der Waals surface area contributed by atoms with Crippen LogP contribution in [0.15, 0.2) is 30.3 Å². The maximum Gasteiger partial charge on any atom is 0.319 e. The Hall–Kier alpha value is -4.60. The largest absolute Gasteiger partial charge is 0.463 e. The molecule has 5 heterocycles. The molecule has 1 saturated carbocycles. The van der Waals surface area contributed by atoms with E-state index in [4.69, 9.17) is 26.6 Å². The first-order chi connectivity index (χ1) is 22.2. The molecular formula is C34H32F2N6O4. The molecule has 9 rings (SSSR count). The van der Waals surface area contributed by atoms with E-state index >= 15 is 4.39 Å². The third-order valence-electron chi connectivity index (χ3n) is 10.2. The van der Waals surface area contributed by atoms with Crippen molar-refractivity contribution in [1.82, 2.24) is 15.3 Å². The van der Waals surface area contributed by atoms with Crippen molar-refractivity contribution < 1.29 is 23.2 Å². The van der Waals surface area contributed by atoms with Gasteiger partial charge in [-0.1, -0.05) is 12.0 Å². The summed E-state index contributed by atoms with van der Waals surface area (Å²) in [4.78, 5) is 23.3. The van der Waals surface area contributed by atoms with Crippen molar-refractivity contribution in [3.05, 3.63) is 57.6 Å². The van der Waals surface area contributed by atoms with E-state index in [0.29, 0.717) is 43.6 Å². The number of hydrogen-bond donors (Lipinski definition) is 2. The second-order valence-electron chi connectivity index (χ2n) is 13.1. The SMILES string of the molecule is C#Cc1c(F)ccc2cc(N)cc(-c3c([N+](=O)[O-])cc4c(N5C[C@H]6CC[C@@H](C5)N6)nc(OCC56CCC(CC5)OC6)nc4c3F)c12. The fourth-order valence-electron chi connectivity index (χ4n) is 7.87. The van der Waals surface area contributed by atoms with Crippen LogP contribution in [-0.2, 0) is 4.74 Å². The van der Waals surface area contributed by atoms with Crippen molar-refractivity contribution in [3.8, 4) is 29.5 Å². The molecule has 0 spiro atoms. The highest BCUT2D eigenvalue weighted by molar-refractivity contribution is 6.07. The Kier molecular flexibility index (Phi) is 6.74. The maximum absolute atomic E-state index is 17.1. The van der Waals surface area contributed by atoms with Crippen molar-refractivity contribution in [2.45, 2.75) is 56.7 Å². The number of benzene rings is 3. The van der Waals surface area contributed by atoms with E-state index in [1.165, 1.54) is 24.3 Å². The second-order valence-corrected chi connectivity index (χ2v) is 13.1. The van der Waals surface area contributed by atoms with Gasteiger partial charge in [0, 0.05) is 53.3 Å². The van der Waals surface area contributed by atoms with Gasteiger partial charge in [0.05, 0.1) is 40.8 Å². The average molecular weight is 627 g/mol. The van der Waals surface area contributed by atoms with Gasteiger partial charge in [0.15, 0.2) is 5.82 Å². The number of terminal acetylenes is 1. The zero-order valence-corrected chi connectivity index (χ0v) is 25.0. The first kappa shape index (κ1) is 28.8. The molecule has 46 heavy (non-hydrogen) atoms. The Balaban J connectivity index is 1.34. The van der Waals surface area contributed by atoms with E-state index in [1.54, 1.807) is 6.07 Å². The van der Waals surface area contributed by atoms with Crippen LogP contribution in [0.2, 0.25) is 0 Å². The molecule has 4 saturated heterocycles. The molecule has 5 aliphatic rings. The average Bonchev–Trinajstić information content (AvgIpc) is 3.41. The lowest BCUT2D eigenvalue weighted by atomic mass is 9.72. The lowest BCUT2D eigenvalue weighted by molar-refractivity contribution is -0.384. The second kappa shape index (κ2) is 10.7. The highest BCUT2D eigenvalue weighted by Crippen LogP contribution is 2.46. The fraction of sp³-hybridized carbons (Fsp3) is 0.412. The maximum atomic E-state index is 17.1.